The number of methoxy groups -OCH3 is 1. The maximum atomic E-state index is 14.2. The summed E-state index contributed by atoms with van der Waals surface area (Å²) in [5, 5.41) is 1.68. The molecule has 5 rings (SSSR count). The number of hydrogen-bond acceptors (Lipinski definition) is 5. The number of thiocarbonyl (C=S) groups is 1. The minimum Gasteiger partial charge on any atom is -0.452 e. The molecule has 4 aromatic carbocycles. The fourth-order valence-electron chi connectivity index (χ4n) is 5.89. The van der Waals surface area contributed by atoms with Gasteiger partial charge < -0.3 is 9.47 Å². The van der Waals surface area contributed by atoms with Crippen molar-refractivity contribution in [3.8, 4) is 0 Å². The van der Waals surface area contributed by atoms with E-state index in [0.717, 1.165) is 34.5 Å². The fourth-order valence-corrected chi connectivity index (χ4v) is 6.14. The highest BCUT2D eigenvalue weighted by molar-refractivity contribution is 7.79. The van der Waals surface area contributed by atoms with Crippen LogP contribution < -0.4 is 4.90 Å². The van der Waals surface area contributed by atoms with Gasteiger partial charge in [-0.05, 0) is 28.3 Å². The van der Waals surface area contributed by atoms with Crippen LogP contribution in [0.15, 0.2) is 115 Å². The molecule has 1 amide bonds. The highest BCUT2D eigenvalue weighted by Crippen LogP contribution is 2.46. The summed E-state index contributed by atoms with van der Waals surface area (Å²) in [4.78, 5) is 18.2. The molecule has 1 saturated heterocycles. The van der Waals surface area contributed by atoms with Crippen LogP contribution >= 0.6 is 12.2 Å². The molecule has 1 atom stereocenters. The summed E-state index contributed by atoms with van der Waals surface area (Å²) >= 11 is 5.36. The van der Waals surface area contributed by atoms with E-state index in [0.29, 0.717) is 13.2 Å². The number of rotatable bonds is 8. The number of hydrogen-bond donors (Lipinski definition) is 0. The molecule has 0 radical (unpaired) electrons. The lowest BCUT2D eigenvalue weighted by atomic mass is 9.75. The number of carbonyl (C=O) groups is 1. The molecule has 1 heterocycles. The smallest absolute Gasteiger partial charge is 0.415 e. The first-order chi connectivity index (χ1) is 19.9. The molecule has 6 heteroatoms. The van der Waals surface area contributed by atoms with E-state index in [9.17, 15) is 4.79 Å². The van der Waals surface area contributed by atoms with Crippen molar-refractivity contribution in [1.82, 2.24) is 4.90 Å². The zero-order chi connectivity index (χ0) is 28.9. The van der Waals surface area contributed by atoms with Crippen molar-refractivity contribution in [2.24, 2.45) is 5.41 Å². The Kier molecular flexibility index (Phi) is 8.64. The van der Waals surface area contributed by atoms with Crippen molar-refractivity contribution in [1.29, 1.82) is 0 Å². The SMILES string of the molecule is COC(=O)N(c1ccccc1CN1CC(C)(C)COC1C=S)C(c1ccccc1)(c1ccccc1)c1ccccc1. The van der Waals surface area contributed by atoms with Crippen molar-refractivity contribution >= 4 is 29.4 Å². The lowest BCUT2D eigenvalue weighted by Crippen LogP contribution is -2.53. The quantitative estimate of drug-likeness (QED) is 0.164. The van der Waals surface area contributed by atoms with E-state index in [-0.39, 0.29) is 11.6 Å². The Hall–Kier alpha value is -3.84. The van der Waals surface area contributed by atoms with Gasteiger partial charge in [-0.3, -0.25) is 9.80 Å². The first-order valence-corrected chi connectivity index (χ1v) is 14.3. The van der Waals surface area contributed by atoms with Crippen molar-refractivity contribution in [2.75, 3.05) is 25.2 Å². The van der Waals surface area contributed by atoms with Gasteiger partial charge in [-0.25, -0.2) is 4.79 Å². The Labute approximate surface area is 248 Å². The number of ether oxygens (including phenoxy) is 2. The molecule has 1 unspecified atom stereocenters. The summed E-state index contributed by atoms with van der Waals surface area (Å²) in [5.74, 6) is 0. The number of para-hydroxylation sites is 1. The van der Waals surface area contributed by atoms with Crippen LogP contribution in [-0.4, -0.2) is 42.8 Å². The maximum Gasteiger partial charge on any atom is 0.415 e. The van der Waals surface area contributed by atoms with Gasteiger partial charge in [0.25, 0.3) is 0 Å². The van der Waals surface area contributed by atoms with Crippen LogP contribution in [0.1, 0.15) is 36.1 Å². The Bertz CT molecular complexity index is 1360. The van der Waals surface area contributed by atoms with Gasteiger partial charge >= 0.3 is 6.09 Å². The first kappa shape index (κ1) is 28.7. The third-order valence-corrected chi connectivity index (χ3v) is 7.86. The van der Waals surface area contributed by atoms with Gasteiger partial charge in [0.15, 0.2) is 0 Å². The largest absolute Gasteiger partial charge is 0.452 e. The van der Waals surface area contributed by atoms with Gasteiger partial charge in [-0.1, -0.05) is 135 Å². The van der Waals surface area contributed by atoms with Crippen molar-refractivity contribution in [3.05, 3.63) is 138 Å². The van der Waals surface area contributed by atoms with Crippen LogP contribution in [0.2, 0.25) is 0 Å². The monoisotopic (exact) mass is 564 g/mol. The summed E-state index contributed by atoms with van der Waals surface area (Å²) < 4.78 is 11.7. The Balaban J connectivity index is 1.78. The molecule has 1 aliphatic heterocycles. The molecule has 1 aliphatic rings. The zero-order valence-corrected chi connectivity index (χ0v) is 24.6. The van der Waals surface area contributed by atoms with Gasteiger partial charge in [-0.15, -0.1) is 0 Å². The lowest BCUT2D eigenvalue weighted by Gasteiger charge is -2.46. The summed E-state index contributed by atoms with van der Waals surface area (Å²) in [5.41, 5.74) is 3.48. The van der Waals surface area contributed by atoms with Gasteiger partial charge in [0, 0.05) is 23.9 Å². The topological polar surface area (TPSA) is 42.0 Å². The summed E-state index contributed by atoms with van der Waals surface area (Å²) in [6, 6.07) is 38.5. The van der Waals surface area contributed by atoms with Crippen molar-refractivity contribution in [3.63, 3.8) is 0 Å². The second-order valence-corrected chi connectivity index (χ2v) is 11.4. The van der Waals surface area contributed by atoms with E-state index in [1.807, 2.05) is 77.7 Å². The summed E-state index contributed by atoms with van der Waals surface area (Å²) in [6.45, 7) is 6.36. The molecule has 0 aromatic heterocycles. The van der Waals surface area contributed by atoms with Gasteiger partial charge in [0.2, 0.25) is 0 Å². The van der Waals surface area contributed by atoms with E-state index in [1.54, 1.807) is 5.37 Å². The maximum absolute atomic E-state index is 14.2. The molecular weight excluding hydrogens is 528 g/mol. The van der Waals surface area contributed by atoms with Crippen molar-refractivity contribution < 1.29 is 14.3 Å². The molecule has 0 aliphatic carbocycles. The first-order valence-electron chi connectivity index (χ1n) is 13.8. The number of nitrogens with zero attached hydrogens (tertiary/aromatic N) is 2. The minimum absolute atomic E-state index is 0.0340. The van der Waals surface area contributed by atoms with Gasteiger partial charge in [-0.2, -0.15) is 0 Å². The minimum atomic E-state index is -1.03. The third kappa shape index (κ3) is 5.68. The molecule has 5 nitrogen and oxygen atoms in total. The van der Waals surface area contributed by atoms with Crippen LogP contribution in [0.4, 0.5) is 10.5 Å². The lowest BCUT2D eigenvalue weighted by molar-refractivity contribution is -0.111. The standard InChI is InChI=1S/C35H36N2O3S/c1-34(2)25-36(32(24-41)40-26-34)23-27-15-13-14-22-31(27)37(33(38)39-3)35(28-16-7-4-8-17-28,29-18-9-5-10-19-29)30-20-11-6-12-21-30/h4-22,24,32H,23,25-26H2,1-3H3. The molecule has 0 bridgehead atoms. The van der Waals surface area contributed by atoms with Crippen LogP contribution in [-0.2, 0) is 21.6 Å². The van der Waals surface area contributed by atoms with Gasteiger partial charge in [0.1, 0.15) is 11.8 Å². The number of benzene rings is 4. The summed E-state index contributed by atoms with van der Waals surface area (Å²) in [6.07, 6.45) is -0.754. The molecular formula is C35H36N2O3S. The molecule has 1 fully saturated rings. The van der Waals surface area contributed by atoms with Crippen LogP contribution in [0.5, 0.6) is 0 Å². The van der Waals surface area contributed by atoms with E-state index in [2.05, 4.69) is 61.2 Å². The average Bonchev–Trinajstić information content (AvgIpc) is 3.01. The molecule has 4 aromatic rings. The normalized spacial score (nSPS) is 17.0. The number of amides is 1. The van der Waals surface area contributed by atoms with Crippen molar-refractivity contribution in [2.45, 2.75) is 32.2 Å². The highest BCUT2D eigenvalue weighted by Gasteiger charge is 2.47. The molecule has 210 valence electrons. The van der Waals surface area contributed by atoms with Crippen LogP contribution in [0.25, 0.3) is 0 Å². The number of carbonyl (C=O) groups excluding carboxylic acids is 1. The Morgan fingerprint density at radius 3 is 1.88 bits per heavy atom. The molecule has 41 heavy (non-hydrogen) atoms. The Morgan fingerprint density at radius 1 is 0.902 bits per heavy atom. The summed E-state index contributed by atoms with van der Waals surface area (Å²) in [7, 11) is 1.44. The second-order valence-electron chi connectivity index (χ2n) is 11.1. The van der Waals surface area contributed by atoms with Gasteiger partial charge in [0.05, 0.1) is 19.4 Å². The van der Waals surface area contributed by atoms with Crippen LogP contribution in [0.3, 0.4) is 0 Å². The van der Waals surface area contributed by atoms with E-state index in [1.165, 1.54) is 7.11 Å². The molecule has 0 spiro atoms. The van der Waals surface area contributed by atoms with E-state index in [4.69, 9.17) is 21.7 Å². The second kappa shape index (κ2) is 12.4. The highest BCUT2D eigenvalue weighted by atomic mass is 32.1. The number of anilines is 1. The van der Waals surface area contributed by atoms with E-state index >= 15 is 0 Å². The third-order valence-electron chi connectivity index (χ3n) is 7.63. The van der Waals surface area contributed by atoms with Crippen LogP contribution in [0, 0.1) is 5.41 Å². The predicted molar refractivity (Wildman–Crippen MR) is 168 cm³/mol. The van der Waals surface area contributed by atoms with E-state index < -0.39 is 11.6 Å². The molecule has 0 N–H and O–H groups in total. The molecule has 0 saturated carbocycles. The predicted octanol–water partition coefficient (Wildman–Crippen LogP) is 7.44. The average molecular weight is 565 g/mol. The Morgan fingerprint density at radius 2 is 1.39 bits per heavy atom. The fraction of sp³-hybridized carbons (Fsp3) is 0.257. The zero-order valence-electron chi connectivity index (χ0n) is 23.8.